The zero-order valence-corrected chi connectivity index (χ0v) is 13.5. The summed E-state index contributed by atoms with van der Waals surface area (Å²) in [6, 6.07) is 7.91. The fraction of sp³-hybridized carbons (Fsp3) is 0.471. The van der Waals surface area contributed by atoms with Gasteiger partial charge in [0.2, 0.25) is 5.91 Å². The maximum Gasteiger partial charge on any atom is 0.223 e. The number of likely N-dealkylation sites (tertiary alicyclic amines) is 1. The molecule has 2 aromatic heterocycles. The molecule has 6 heteroatoms. The van der Waals surface area contributed by atoms with Gasteiger partial charge < -0.3 is 9.80 Å². The molecule has 6 nitrogen and oxygen atoms in total. The van der Waals surface area contributed by atoms with E-state index in [1.165, 1.54) is 0 Å². The summed E-state index contributed by atoms with van der Waals surface area (Å²) in [4.78, 5) is 20.8. The summed E-state index contributed by atoms with van der Waals surface area (Å²) in [5.41, 5.74) is 2.16. The van der Waals surface area contributed by atoms with Crippen LogP contribution in [0, 0.1) is 0 Å². The summed E-state index contributed by atoms with van der Waals surface area (Å²) in [6.45, 7) is 3.16. The molecular weight excluding hydrogens is 290 g/mol. The minimum atomic E-state index is 0.236. The highest BCUT2D eigenvalue weighted by Crippen LogP contribution is 2.25. The number of amides is 1. The number of rotatable bonds is 6. The second-order valence-electron chi connectivity index (χ2n) is 6.15. The van der Waals surface area contributed by atoms with Crippen molar-refractivity contribution in [2.75, 3.05) is 26.7 Å². The van der Waals surface area contributed by atoms with E-state index in [-0.39, 0.29) is 5.91 Å². The van der Waals surface area contributed by atoms with Crippen LogP contribution in [0.3, 0.4) is 0 Å². The summed E-state index contributed by atoms with van der Waals surface area (Å²) in [6.07, 6.45) is 5.14. The summed E-state index contributed by atoms with van der Waals surface area (Å²) in [5.74, 6) is 0.632. The quantitative estimate of drug-likeness (QED) is 0.880. The Morgan fingerprint density at radius 2 is 2.30 bits per heavy atom. The van der Waals surface area contributed by atoms with Crippen molar-refractivity contribution in [2.45, 2.75) is 25.3 Å². The van der Waals surface area contributed by atoms with Crippen LogP contribution in [0.5, 0.6) is 0 Å². The predicted octanol–water partition coefficient (Wildman–Crippen LogP) is 1.64. The van der Waals surface area contributed by atoms with Gasteiger partial charge in [-0.2, -0.15) is 5.10 Å². The highest BCUT2D eigenvalue weighted by molar-refractivity contribution is 5.76. The second kappa shape index (κ2) is 7.37. The molecule has 1 fully saturated rings. The normalized spacial score (nSPS) is 17.8. The third kappa shape index (κ3) is 4.16. The van der Waals surface area contributed by atoms with Crippen LogP contribution in [0.15, 0.2) is 36.7 Å². The number of hydrogen-bond acceptors (Lipinski definition) is 4. The van der Waals surface area contributed by atoms with Gasteiger partial charge in [0.1, 0.15) is 0 Å². The van der Waals surface area contributed by atoms with Crippen LogP contribution in [0.2, 0.25) is 0 Å². The fourth-order valence-corrected chi connectivity index (χ4v) is 3.03. The number of nitrogens with one attached hydrogen (secondary N) is 1. The molecule has 1 atom stereocenters. The smallest absolute Gasteiger partial charge is 0.223 e. The number of hydrogen-bond donors (Lipinski definition) is 1. The Morgan fingerprint density at radius 1 is 1.39 bits per heavy atom. The molecular formula is C17H23N5O. The van der Waals surface area contributed by atoms with Gasteiger partial charge in [0, 0.05) is 56.6 Å². The first kappa shape index (κ1) is 15.7. The Morgan fingerprint density at radius 3 is 3.04 bits per heavy atom. The maximum absolute atomic E-state index is 12.4. The molecule has 0 aromatic carbocycles. The predicted molar refractivity (Wildman–Crippen MR) is 87.7 cm³/mol. The molecule has 0 spiro atoms. The number of carbonyl (C=O) groups is 1. The highest BCUT2D eigenvalue weighted by Gasteiger charge is 2.27. The summed E-state index contributed by atoms with van der Waals surface area (Å²) in [7, 11) is 2.03. The molecule has 0 saturated carbocycles. The minimum Gasteiger partial charge on any atom is -0.342 e. The Labute approximate surface area is 136 Å². The van der Waals surface area contributed by atoms with Crippen LogP contribution in [-0.2, 0) is 11.3 Å². The van der Waals surface area contributed by atoms with Gasteiger partial charge >= 0.3 is 0 Å². The lowest BCUT2D eigenvalue weighted by Gasteiger charge is -2.20. The van der Waals surface area contributed by atoms with Crippen molar-refractivity contribution in [3.8, 4) is 0 Å². The number of carbonyl (C=O) groups excluding carboxylic acids is 1. The first-order valence-electron chi connectivity index (χ1n) is 8.08. The maximum atomic E-state index is 12.4. The number of H-pyrrole nitrogens is 1. The third-order valence-electron chi connectivity index (χ3n) is 4.37. The van der Waals surface area contributed by atoms with E-state index in [2.05, 4.69) is 20.1 Å². The summed E-state index contributed by atoms with van der Waals surface area (Å²) in [5, 5.41) is 7.01. The molecule has 2 aromatic rings. The standard InChI is InChI=1S/C17H23N5O/c1-21(13-15-4-2-3-8-18-15)10-7-17(23)22-11-6-14(12-22)16-5-9-19-20-16/h2-5,8-9,14H,6-7,10-13H2,1H3,(H,19,20)/t14-/m1/s1. The molecule has 0 radical (unpaired) electrons. The molecule has 0 aliphatic carbocycles. The largest absolute Gasteiger partial charge is 0.342 e. The molecule has 3 rings (SSSR count). The summed E-state index contributed by atoms with van der Waals surface area (Å²) >= 11 is 0. The highest BCUT2D eigenvalue weighted by atomic mass is 16.2. The lowest BCUT2D eigenvalue weighted by Crippen LogP contribution is -2.32. The molecule has 122 valence electrons. The van der Waals surface area contributed by atoms with Gasteiger partial charge in [-0.1, -0.05) is 6.07 Å². The van der Waals surface area contributed by atoms with Crippen molar-refractivity contribution in [3.63, 3.8) is 0 Å². The van der Waals surface area contributed by atoms with Crippen molar-refractivity contribution >= 4 is 5.91 Å². The third-order valence-corrected chi connectivity index (χ3v) is 4.37. The Hall–Kier alpha value is -2.21. The van der Waals surface area contributed by atoms with Crippen LogP contribution < -0.4 is 0 Å². The van der Waals surface area contributed by atoms with E-state index in [0.717, 1.165) is 44.0 Å². The van der Waals surface area contributed by atoms with Crippen molar-refractivity contribution in [1.29, 1.82) is 0 Å². The van der Waals surface area contributed by atoms with Gasteiger partial charge in [-0.25, -0.2) is 0 Å². The zero-order chi connectivity index (χ0) is 16.1. The van der Waals surface area contributed by atoms with Crippen LogP contribution in [-0.4, -0.2) is 57.6 Å². The molecule has 1 N–H and O–H groups in total. The van der Waals surface area contributed by atoms with Gasteiger partial charge in [0.05, 0.1) is 5.69 Å². The van der Waals surface area contributed by atoms with E-state index in [1.807, 2.05) is 36.2 Å². The molecule has 3 heterocycles. The Balaban J connectivity index is 1.43. The van der Waals surface area contributed by atoms with Gasteiger partial charge in [-0.3, -0.25) is 14.9 Å². The van der Waals surface area contributed by atoms with E-state index in [9.17, 15) is 4.79 Å². The number of nitrogens with zero attached hydrogens (tertiary/aromatic N) is 4. The molecule has 23 heavy (non-hydrogen) atoms. The molecule has 0 bridgehead atoms. The lowest BCUT2D eigenvalue weighted by molar-refractivity contribution is -0.130. The first-order valence-corrected chi connectivity index (χ1v) is 8.08. The molecule has 1 aliphatic rings. The number of aromatic amines is 1. The van der Waals surface area contributed by atoms with Crippen LogP contribution in [0.4, 0.5) is 0 Å². The van der Waals surface area contributed by atoms with Crippen molar-refractivity contribution in [1.82, 2.24) is 25.0 Å². The van der Waals surface area contributed by atoms with Gasteiger partial charge in [-0.05, 0) is 31.7 Å². The topological polar surface area (TPSA) is 65.1 Å². The van der Waals surface area contributed by atoms with Crippen LogP contribution in [0.1, 0.15) is 30.1 Å². The van der Waals surface area contributed by atoms with E-state index in [1.54, 1.807) is 12.4 Å². The van der Waals surface area contributed by atoms with Crippen LogP contribution >= 0.6 is 0 Å². The first-order chi connectivity index (χ1) is 11.2. The number of pyridine rings is 1. The van der Waals surface area contributed by atoms with Gasteiger partial charge in [-0.15, -0.1) is 0 Å². The van der Waals surface area contributed by atoms with E-state index >= 15 is 0 Å². The fourth-order valence-electron chi connectivity index (χ4n) is 3.03. The SMILES string of the molecule is CN(CCC(=O)N1CC[C@@H](c2ccn[nH]2)C1)Cc1ccccn1. The minimum absolute atomic E-state index is 0.236. The Kier molecular flexibility index (Phi) is 5.02. The average Bonchev–Trinajstić information content (AvgIpc) is 3.24. The van der Waals surface area contributed by atoms with E-state index in [0.29, 0.717) is 12.3 Å². The Bertz CT molecular complexity index is 613. The zero-order valence-electron chi connectivity index (χ0n) is 13.5. The lowest BCUT2D eigenvalue weighted by atomic mass is 10.1. The molecule has 1 amide bonds. The van der Waals surface area contributed by atoms with Crippen molar-refractivity contribution in [3.05, 3.63) is 48.0 Å². The van der Waals surface area contributed by atoms with Crippen LogP contribution in [0.25, 0.3) is 0 Å². The van der Waals surface area contributed by atoms with E-state index < -0.39 is 0 Å². The molecule has 1 aliphatic heterocycles. The van der Waals surface area contributed by atoms with Gasteiger partial charge in [0.25, 0.3) is 0 Å². The second-order valence-corrected chi connectivity index (χ2v) is 6.15. The monoisotopic (exact) mass is 313 g/mol. The van der Waals surface area contributed by atoms with Crippen molar-refractivity contribution in [2.24, 2.45) is 0 Å². The number of aromatic nitrogens is 3. The van der Waals surface area contributed by atoms with Gasteiger partial charge in [0.15, 0.2) is 0 Å². The van der Waals surface area contributed by atoms with Crippen molar-refractivity contribution < 1.29 is 4.79 Å². The molecule has 0 unspecified atom stereocenters. The molecule has 1 saturated heterocycles. The summed E-state index contributed by atoms with van der Waals surface area (Å²) < 4.78 is 0. The average molecular weight is 313 g/mol. The van der Waals surface area contributed by atoms with E-state index in [4.69, 9.17) is 0 Å².